The van der Waals surface area contributed by atoms with Gasteiger partial charge in [-0.15, -0.1) is 0 Å². The summed E-state index contributed by atoms with van der Waals surface area (Å²) in [5, 5.41) is 5.15. The molecule has 1 unspecified atom stereocenters. The molecule has 0 fully saturated rings. The van der Waals surface area contributed by atoms with Crippen molar-refractivity contribution in [2.45, 2.75) is 33.7 Å². The minimum Gasteiger partial charge on any atom is -0.330 e. The summed E-state index contributed by atoms with van der Waals surface area (Å²) in [7, 11) is 0. The van der Waals surface area contributed by atoms with E-state index in [0.717, 1.165) is 0 Å². The molecule has 1 nitrogen and oxygen atoms in total. The van der Waals surface area contributed by atoms with Crippen molar-refractivity contribution < 1.29 is 0 Å². The van der Waals surface area contributed by atoms with Crippen molar-refractivity contribution >= 4 is 32.6 Å². The normalized spacial score (nSPS) is 20.0. The van der Waals surface area contributed by atoms with Gasteiger partial charge in [0.15, 0.2) is 0 Å². The number of allylic oxidation sites excluding steroid dienone is 11. The number of nitrogens with zero attached hydrogens (tertiary/aromatic N) is 1. The molecular weight excluding hydrogens is 494 g/mol. The van der Waals surface area contributed by atoms with E-state index in [4.69, 9.17) is 0 Å². The van der Waals surface area contributed by atoms with Crippen molar-refractivity contribution in [1.29, 1.82) is 0 Å². The van der Waals surface area contributed by atoms with E-state index >= 15 is 0 Å². The molecule has 4 aromatic carbocycles. The smallest absolute Gasteiger partial charge is 0.0713 e. The van der Waals surface area contributed by atoms with Crippen molar-refractivity contribution in [3.63, 3.8) is 0 Å². The lowest BCUT2D eigenvalue weighted by molar-refractivity contribution is 0.578. The maximum Gasteiger partial charge on any atom is 0.0713 e. The van der Waals surface area contributed by atoms with Crippen LogP contribution in [0.1, 0.15) is 32.4 Å². The Balaban J connectivity index is 1.38. The molecule has 0 bridgehead atoms. The molecule has 7 rings (SSSR count). The van der Waals surface area contributed by atoms with E-state index in [-0.39, 0.29) is 11.5 Å². The number of aromatic nitrogens is 1. The second kappa shape index (κ2) is 9.49. The summed E-state index contributed by atoms with van der Waals surface area (Å²) in [4.78, 5) is 0. The molecule has 0 spiro atoms. The molecule has 0 radical (unpaired) electrons. The van der Waals surface area contributed by atoms with Crippen LogP contribution in [0.4, 0.5) is 0 Å². The van der Waals surface area contributed by atoms with Crippen LogP contribution in [-0.2, 0) is 0 Å². The first kappa shape index (κ1) is 25.4. The van der Waals surface area contributed by atoms with E-state index in [2.05, 4.69) is 154 Å². The van der Waals surface area contributed by atoms with Crippen LogP contribution < -0.4 is 0 Å². The van der Waals surface area contributed by atoms with Crippen LogP contribution in [0.3, 0.4) is 0 Å². The van der Waals surface area contributed by atoms with Gasteiger partial charge < -0.3 is 4.57 Å². The number of rotatable bonds is 3. The van der Waals surface area contributed by atoms with Crippen LogP contribution >= 0.6 is 0 Å². The highest BCUT2D eigenvalue weighted by molar-refractivity contribution is 6.10. The van der Waals surface area contributed by atoms with Crippen molar-refractivity contribution in [1.82, 2.24) is 4.57 Å². The SMILES string of the molecule is C=C/C=C1\C(=C/C)C2=C(C=CC(n3c4ccc(C)cc4c4cc(-c5ccc6ccccc6c5)ccc43)C=C2)C1(C)C. The van der Waals surface area contributed by atoms with Crippen molar-refractivity contribution in [3.05, 3.63) is 156 Å². The van der Waals surface area contributed by atoms with E-state index in [1.165, 1.54) is 71.6 Å². The highest BCUT2D eigenvalue weighted by Crippen LogP contribution is 2.52. The average molecular weight is 530 g/mol. The number of hydrogen-bond donors (Lipinski definition) is 0. The molecular formula is C40H35N. The summed E-state index contributed by atoms with van der Waals surface area (Å²) in [5.41, 5.74) is 11.6. The van der Waals surface area contributed by atoms with Gasteiger partial charge in [0.1, 0.15) is 0 Å². The molecule has 1 aromatic heterocycles. The fraction of sp³-hybridized carbons (Fsp3) is 0.150. The highest BCUT2D eigenvalue weighted by Gasteiger charge is 2.38. The van der Waals surface area contributed by atoms with E-state index < -0.39 is 0 Å². The first-order valence-corrected chi connectivity index (χ1v) is 14.6. The summed E-state index contributed by atoms with van der Waals surface area (Å²) in [6, 6.07) is 29.3. The molecule has 0 saturated carbocycles. The Labute approximate surface area is 242 Å². The summed E-state index contributed by atoms with van der Waals surface area (Å²) in [6.45, 7) is 13.0. The third-order valence-electron chi connectivity index (χ3n) is 9.05. The van der Waals surface area contributed by atoms with Crippen molar-refractivity contribution in [2.24, 2.45) is 5.41 Å². The number of aryl methyl sites for hydroxylation is 1. The molecule has 200 valence electrons. The van der Waals surface area contributed by atoms with Crippen LogP contribution in [0.2, 0.25) is 0 Å². The molecule has 5 aromatic rings. The predicted octanol–water partition coefficient (Wildman–Crippen LogP) is 11.0. The zero-order valence-electron chi connectivity index (χ0n) is 24.3. The Morgan fingerprint density at radius 1 is 0.780 bits per heavy atom. The monoisotopic (exact) mass is 529 g/mol. The largest absolute Gasteiger partial charge is 0.330 e. The van der Waals surface area contributed by atoms with Gasteiger partial charge in [0.25, 0.3) is 0 Å². The van der Waals surface area contributed by atoms with Gasteiger partial charge in [-0.2, -0.15) is 0 Å². The van der Waals surface area contributed by atoms with Gasteiger partial charge >= 0.3 is 0 Å². The number of benzene rings is 4. The minimum absolute atomic E-state index is 0.0756. The molecule has 2 aliphatic carbocycles. The first-order chi connectivity index (χ1) is 19.9. The second-order valence-corrected chi connectivity index (χ2v) is 11.9. The Hall–Kier alpha value is -4.62. The summed E-state index contributed by atoms with van der Waals surface area (Å²) < 4.78 is 2.51. The lowest BCUT2D eigenvalue weighted by Crippen LogP contribution is -2.12. The average Bonchev–Trinajstić information content (AvgIpc) is 3.27. The summed E-state index contributed by atoms with van der Waals surface area (Å²) in [6.07, 6.45) is 15.8. The van der Waals surface area contributed by atoms with Gasteiger partial charge in [0.2, 0.25) is 0 Å². The molecule has 1 atom stereocenters. The molecule has 0 aliphatic heterocycles. The number of hydrogen-bond acceptors (Lipinski definition) is 0. The second-order valence-electron chi connectivity index (χ2n) is 11.9. The van der Waals surface area contributed by atoms with E-state index in [9.17, 15) is 0 Å². The molecule has 0 amide bonds. The van der Waals surface area contributed by atoms with Gasteiger partial charge in [0, 0.05) is 27.2 Å². The lowest BCUT2D eigenvalue weighted by atomic mass is 9.80. The summed E-state index contributed by atoms with van der Waals surface area (Å²) in [5.74, 6) is 0. The van der Waals surface area contributed by atoms with Crippen molar-refractivity contribution in [2.75, 3.05) is 0 Å². The van der Waals surface area contributed by atoms with Gasteiger partial charge in [-0.25, -0.2) is 0 Å². The van der Waals surface area contributed by atoms with Crippen LogP contribution in [0, 0.1) is 12.3 Å². The standard InChI is InChI=1S/C40H35N/c1-6-10-36-32(7-2)33-19-17-31(18-20-37(33)40(36,4)5)41-38-21-13-26(3)23-34(38)35-25-30(16-22-39(35)41)29-15-14-27-11-8-9-12-28(27)24-29/h6-25,31H,1H2,2-5H3/b32-7-,36-10+. The third kappa shape index (κ3) is 3.91. The van der Waals surface area contributed by atoms with Gasteiger partial charge in [-0.05, 0) is 88.4 Å². The molecule has 1 heterocycles. The van der Waals surface area contributed by atoms with Crippen LogP contribution in [0.15, 0.2) is 150 Å². The van der Waals surface area contributed by atoms with E-state index in [1.54, 1.807) is 0 Å². The van der Waals surface area contributed by atoms with Crippen LogP contribution in [0.5, 0.6) is 0 Å². The molecule has 41 heavy (non-hydrogen) atoms. The Bertz CT molecular complexity index is 2050. The molecule has 1 heteroatoms. The fourth-order valence-corrected chi connectivity index (χ4v) is 6.98. The Morgan fingerprint density at radius 2 is 1.46 bits per heavy atom. The van der Waals surface area contributed by atoms with E-state index in [1.807, 2.05) is 6.08 Å². The fourth-order valence-electron chi connectivity index (χ4n) is 6.98. The third-order valence-corrected chi connectivity index (χ3v) is 9.05. The minimum atomic E-state index is -0.0756. The molecule has 0 N–H and O–H groups in total. The number of fused-ring (bicyclic) bond motifs is 4. The first-order valence-electron chi connectivity index (χ1n) is 14.6. The van der Waals surface area contributed by atoms with E-state index in [0.29, 0.717) is 0 Å². The van der Waals surface area contributed by atoms with Crippen LogP contribution in [-0.4, -0.2) is 4.57 Å². The Kier molecular flexibility index (Phi) is 5.87. The highest BCUT2D eigenvalue weighted by atomic mass is 15.0. The van der Waals surface area contributed by atoms with Gasteiger partial charge in [0.05, 0.1) is 6.04 Å². The molecule has 2 aliphatic rings. The maximum atomic E-state index is 3.98. The summed E-state index contributed by atoms with van der Waals surface area (Å²) >= 11 is 0. The molecule has 0 saturated heterocycles. The van der Waals surface area contributed by atoms with Gasteiger partial charge in [-0.3, -0.25) is 0 Å². The van der Waals surface area contributed by atoms with Crippen molar-refractivity contribution in [3.8, 4) is 11.1 Å². The predicted molar refractivity (Wildman–Crippen MR) is 177 cm³/mol. The topological polar surface area (TPSA) is 4.93 Å². The maximum absolute atomic E-state index is 3.98. The quantitative estimate of drug-likeness (QED) is 0.219. The lowest BCUT2D eigenvalue weighted by Gasteiger charge is -2.24. The van der Waals surface area contributed by atoms with Gasteiger partial charge in [-0.1, -0.05) is 117 Å². The zero-order chi connectivity index (χ0) is 28.3. The zero-order valence-corrected chi connectivity index (χ0v) is 24.3. The Morgan fingerprint density at radius 3 is 2.24 bits per heavy atom. The van der Waals surface area contributed by atoms with Crippen LogP contribution in [0.25, 0.3) is 43.7 Å².